The van der Waals surface area contributed by atoms with Crippen molar-refractivity contribution < 1.29 is 0 Å². The first-order valence-electron chi connectivity index (χ1n) is 6.94. The number of aromatic nitrogens is 2. The highest BCUT2D eigenvalue weighted by Crippen LogP contribution is 2.38. The van der Waals surface area contributed by atoms with Crippen LogP contribution in [-0.2, 0) is 0 Å². The zero-order valence-electron chi connectivity index (χ0n) is 12.5. The lowest BCUT2D eigenvalue weighted by molar-refractivity contribution is 0.872. The molecule has 8 heteroatoms. The van der Waals surface area contributed by atoms with Gasteiger partial charge in [0, 0.05) is 5.02 Å². The maximum atomic E-state index is 6.16. The van der Waals surface area contributed by atoms with Gasteiger partial charge in [-0.05, 0) is 31.2 Å². The minimum Gasteiger partial charge on any atom is -0.382 e. The quantitative estimate of drug-likeness (QED) is 0.554. The van der Waals surface area contributed by atoms with E-state index in [0.29, 0.717) is 38.0 Å². The van der Waals surface area contributed by atoms with E-state index >= 15 is 0 Å². The molecule has 5 nitrogen and oxygen atoms in total. The molecule has 3 rings (SSSR count). The maximum absolute atomic E-state index is 6.16. The number of nitrogens with zero attached hydrogens (tertiary/aromatic N) is 4. The van der Waals surface area contributed by atoms with Gasteiger partial charge >= 0.3 is 0 Å². The minimum atomic E-state index is 0.308. The zero-order chi connectivity index (χ0) is 17.3. The van der Waals surface area contributed by atoms with Gasteiger partial charge in [-0.1, -0.05) is 53.0 Å². The number of anilines is 1. The predicted octanol–water partition coefficient (Wildman–Crippen LogP) is 6.14. The van der Waals surface area contributed by atoms with Gasteiger partial charge < -0.3 is 5.73 Å². The SMILES string of the molecule is Cc1nn(-c2ccccc2)c(N)c1N=Nc1c(Cl)cc(Cl)cc1Cl. The lowest BCUT2D eigenvalue weighted by Crippen LogP contribution is -2.01. The Hall–Kier alpha value is -2.08. The molecule has 0 unspecified atom stereocenters. The molecule has 122 valence electrons. The molecule has 0 aliphatic rings. The number of azo groups is 1. The van der Waals surface area contributed by atoms with E-state index in [1.807, 2.05) is 30.3 Å². The van der Waals surface area contributed by atoms with Crippen LogP contribution in [0.4, 0.5) is 17.2 Å². The summed E-state index contributed by atoms with van der Waals surface area (Å²) in [5.41, 5.74) is 8.42. The van der Waals surface area contributed by atoms with Crippen LogP contribution in [0, 0.1) is 6.92 Å². The van der Waals surface area contributed by atoms with Crippen LogP contribution in [0.3, 0.4) is 0 Å². The van der Waals surface area contributed by atoms with Gasteiger partial charge in [0.05, 0.1) is 21.4 Å². The smallest absolute Gasteiger partial charge is 0.155 e. The summed E-state index contributed by atoms with van der Waals surface area (Å²) in [5, 5.41) is 13.7. The average molecular weight is 381 g/mol. The molecule has 0 amide bonds. The number of para-hydroxylation sites is 1. The van der Waals surface area contributed by atoms with Crippen LogP contribution in [0.2, 0.25) is 15.1 Å². The fourth-order valence-corrected chi connectivity index (χ4v) is 3.05. The number of nitrogen functional groups attached to an aromatic ring is 1. The summed E-state index contributed by atoms with van der Waals surface area (Å²) in [6.45, 7) is 1.80. The Kier molecular flexibility index (Phi) is 4.76. The summed E-state index contributed by atoms with van der Waals surface area (Å²) < 4.78 is 1.61. The molecule has 0 atom stereocenters. The second kappa shape index (κ2) is 6.81. The molecule has 0 saturated heterocycles. The first-order chi connectivity index (χ1) is 11.5. The third-order valence-corrected chi connectivity index (χ3v) is 4.09. The Labute approximate surface area is 153 Å². The molecule has 3 aromatic rings. The van der Waals surface area contributed by atoms with Crippen molar-refractivity contribution in [2.75, 3.05) is 5.73 Å². The molecule has 24 heavy (non-hydrogen) atoms. The van der Waals surface area contributed by atoms with Crippen molar-refractivity contribution in [2.45, 2.75) is 6.92 Å². The van der Waals surface area contributed by atoms with Crippen LogP contribution in [0.15, 0.2) is 52.7 Å². The van der Waals surface area contributed by atoms with Gasteiger partial charge in [-0.3, -0.25) is 0 Å². The summed E-state index contributed by atoms with van der Waals surface area (Å²) in [4.78, 5) is 0. The highest BCUT2D eigenvalue weighted by Gasteiger charge is 2.14. The second-order valence-corrected chi connectivity index (χ2v) is 6.24. The van der Waals surface area contributed by atoms with Crippen molar-refractivity contribution in [1.29, 1.82) is 0 Å². The number of aryl methyl sites for hydroxylation is 1. The standard InChI is InChI=1S/C16H12Cl3N5/c1-9-14(16(20)24(23-9)11-5-3-2-4-6-11)21-22-15-12(18)7-10(17)8-13(15)19/h2-8H,20H2,1H3. The van der Waals surface area contributed by atoms with Gasteiger partial charge in [-0.25, -0.2) is 4.68 Å². The third-order valence-electron chi connectivity index (χ3n) is 3.30. The van der Waals surface area contributed by atoms with Crippen LogP contribution >= 0.6 is 34.8 Å². The van der Waals surface area contributed by atoms with E-state index in [9.17, 15) is 0 Å². The van der Waals surface area contributed by atoms with E-state index in [0.717, 1.165) is 5.69 Å². The van der Waals surface area contributed by atoms with Gasteiger partial charge in [0.1, 0.15) is 5.69 Å². The molecule has 0 saturated carbocycles. The van der Waals surface area contributed by atoms with Crippen molar-refractivity contribution in [2.24, 2.45) is 10.2 Å². The summed E-state index contributed by atoms with van der Waals surface area (Å²) in [6.07, 6.45) is 0. The summed E-state index contributed by atoms with van der Waals surface area (Å²) >= 11 is 18.1. The van der Waals surface area contributed by atoms with Gasteiger partial charge in [-0.2, -0.15) is 5.10 Å². The number of hydrogen-bond acceptors (Lipinski definition) is 4. The van der Waals surface area contributed by atoms with Crippen molar-refractivity contribution in [3.63, 3.8) is 0 Å². The number of nitrogens with two attached hydrogens (primary N) is 1. The molecular weight excluding hydrogens is 369 g/mol. The van der Waals surface area contributed by atoms with E-state index in [1.165, 1.54) is 0 Å². The Morgan fingerprint density at radius 2 is 1.54 bits per heavy atom. The first-order valence-corrected chi connectivity index (χ1v) is 8.07. The average Bonchev–Trinajstić information content (AvgIpc) is 2.82. The Bertz CT molecular complexity index is 896. The van der Waals surface area contributed by atoms with E-state index in [4.69, 9.17) is 40.5 Å². The monoisotopic (exact) mass is 379 g/mol. The molecule has 2 N–H and O–H groups in total. The lowest BCUT2D eigenvalue weighted by Gasteiger charge is -2.03. The molecule has 0 bridgehead atoms. The van der Waals surface area contributed by atoms with Crippen LogP contribution in [0.1, 0.15) is 5.69 Å². The molecule has 0 aliphatic heterocycles. The predicted molar refractivity (Wildman–Crippen MR) is 98.4 cm³/mol. The lowest BCUT2D eigenvalue weighted by atomic mass is 10.3. The molecule has 0 aliphatic carbocycles. The highest BCUT2D eigenvalue weighted by molar-refractivity contribution is 6.41. The number of benzene rings is 2. The van der Waals surface area contributed by atoms with E-state index in [1.54, 1.807) is 23.7 Å². The highest BCUT2D eigenvalue weighted by atomic mass is 35.5. The Balaban J connectivity index is 2.02. The molecule has 2 aromatic carbocycles. The molecular formula is C16H12Cl3N5. The molecule has 1 heterocycles. The van der Waals surface area contributed by atoms with E-state index in [-0.39, 0.29) is 0 Å². The maximum Gasteiger partial charge on any atom is 0.155 e. The minimum absolute atomic E-state index is 0.308. The Morgan fingerprint density at radius 1 is 0.958 bits per heavy atom. The largest absolute Gasteiger partial charge is 0.382 e. The van der Waals surface area contributed by atoms with Crippen LogP contribution in [0.25, 0.3) is 5.69 Å². The van der Waals surface area contributed by atoms with Crippen molar-refractivity contribution >= 4 is 52.0 Å². The van der Waals surface area contributed by atoms with E-state index < -0.39 is 0 Å². The van der Waals surface area contributed by atoms with Gasteiger partial charge in [-0.15, -0.1) is 10.2 Å². The van der Waals surface area contributed by atoms with Crippen molar-refractivity contribution in [3.05, 3.63) is 63.2 Å². The molecule has 1 aromatic heterocycles. The molecule has 0 radical (unpaired) electrons. The van der Waals surface area contributed by atoms with Crippen LogP contribution in [-0.4, -0.2) is 9.78 Å². The first kappa shape index (κ1) is 16.8. The number of rotatable bonds is 3. The molecule has 0 spiro atoms. The van der Waals surface area contributed by atoms with Gasteiger partial charge in [0.25, 0.3) is 0 Å². The van der Waals surface area contributed by atoms with Crippen molar-refractivity contribution in [3.8, 4) is 5.69 Å². The van der Waals surface area contributed by atoms with Gasteiger partial charge in [0.15, 0.2) is 11.5 Å². The number of hydrogen-bond donors (Lipinski definition) is 1. The Morgan fingerprint density at radius 3 is 2.17 bits per heavy atom. The summed E-state index contributed by atoms with van der Waals surface area (Å²) in [5.74, 6) is 0.378. The van der Waals surface area contributed by atoms with E-state index in [2.05, 4.69) is 15.3 Å². The fraction of sp³-hybridized carbons (Fsp3) is 0.0625. The zero-order valence-corrected chi connectivity index (χ0v) is 14.8. The van der Waals surface area contributed by atoms with Crippen LogP contribution < -0.4 is 5.73 Å². The topological polar surface area (TPSA) is 68.6 Å². The summed E-state index contributed by atoms with van der Waals surface area (Å²) in [6, 6.07) is 12.6. The second-order valence-electron chi connectivity index (χ2n) is 4.98. The summed E-state index contributed by atoms with van der Waals surface area (Å²) in [7, 11) is 0. The van der Waals surface area contributed by atoms with Crippen LogP contribution in [0.5, 0.6) is 0 Å². The van der Waals surface area contributed by atoms with Crippen molar-refractivity contribution in [1.82, 2.24) is 9.78 Å². The molecule has 0 fully saturated rings. The van der Waals surface area contributed by atoms with Gasteiger partial charge in [0.2, 0.25) is 0 Å². The normalized spacial score (nSPS) is 11.3. The third kappa shape index (κ3) is 3.24. The fourth-order valence-electron chi connectivity index (χ4n) is 2.16. The number of halogens is 3.